The standard InChI is InChI=1S/C16H12ClN5O2S2/c1-9-18-12(7-25-9)6-13-19-22-16(24-13)26-8-14-20-21-15(23-14)10-2-4-11(17)5-3-10/h2-5,7H,6,8H2,1H3. The van der Waals surface area contributed by atoms with Gasteiger partial charge in [-0.15, -0.1) is 31.7 Å². The Balaban J connectivity index is 1.36. The van der Waals surface area contributed by atoms with Crippen LogP contribution in [0.2, 0.25) is 5.02 Å². The summed E-state index contributed by atoms with van der Waals surface area (Å²) in [5.41, 5.74) is 1.74. The Morgan fingerprint density at radius 3 is 2.62 bits per heavy atom. The largest absolute Gasteiger partial charge is 0.420 e. The van der Waals surface area contributed by atoms with Crippen LogP contribution in [0.25, 0.3) is 11.5 Å². The van der Waals surface area contributed by atoms with E-state index in [2.05, 4.69) is 25.4 Å². The van der Waals surface area contributed by atoms with Crippen LogP contribution in [0.3, 0.4) is 0 Å². The van der Waals surface area contributed by atoms with Gasteiger partial charge < -0.3 is 8.83 Å². The zero-order valence-electron chi connectivity index (χ0n) is 13.5. The molecule has 1 aromatic carbocycles. The van der Waals surface area contributed by atoms with Gasteiger partial charge in [0.15, 0.2) is 0 Å². The molecule has 0 aliphatic carbocycles. The average Bonchev–Trinajstić information content (AvgIpc) is 3.36. The monoisotopic (exact) mass is 405 g/mol. The summed E-state index contributed by atoms with van der Waals surface area (Å²) >= 11 is 8.82. The minimum Gasteiger partial charge on any atom is -0.420 e. The van der Waals surface area contributed by atoms with E-state index in [1.165, 1.54) is 11.8 Å². The van der Waals surface area contributed by atoms with Crippen molar-refractivity contribution in [3.05, 3.63) is 57.2 Å². The first-order chi connectivity index (χ1) is 12.7. The van der Waals surface area contributed by atoms with E-state index < -0.39 is 0 Å². The Bertz CT molecular complexity index is 1010. The number of thiazole rings is 1. The Morgan fingerprint density at radius 1 is 1.04 bits per heavy atom. The van der Waals surface area contributed by atoms with Crippen LogP contribution < -0.4 is 0 Å². The highest BCUT2D eigenvalue weighted by molar-refractivity contribution is 7.98. The fourth-order valence-corrected chi connectivity index (χ4v) is 3.51. The number of hydrogen-bond acceptors (Lipinski definition) is 9. The molecule has 132 valence electrons. The van der Waals surface area contributed by atoms with E-state index in [9.17, 15) is 0 Å². The molecule has 0 fully saturated rings. The number of rotatable bonds is 6. The first-order valence-corrected chi connectivity index (χ1v) is 9.84. The van der Waals surface area contributed by atoms with Crippen molar-refractivity contribution in [3.8, 4) is 11.5 Å². The minimum atomic E-state index is 0.442. The zero-order chi connectivity index (χ0) is 17.9. The molecule has 3 heterocycles. The van der Waals surface area contributed by atoms with Gasteiger partial charge in [-0.25, -0.2) is 4.98 Å². The number of thioether (sulfide) groups is 1. The lowest BCUT2D eigenvalue weighted by molar-refractivity contribution is 0.418. The van der Waals surface area contributed by atoms with E-state index in [-0.39, 0.29) is 0 Å². The van der Waals surface area contributed by atoms with Gasteiger partial charge in [0.25, 0.3) is 5.22 Å². The Hall–Kier alpha value is -2.23. The third kappa shape index (κ3) is 4.12. The molecule has 0 atom stereocenters. The summed E-state index contributed by atoms with van der Waals surface area (Å²) in [5, 5.41) is 20.3. The number of halogens is 1. The molecule has 0 N–H and O–H groups in total. The van der Waals surface area contributed by atoms with Gasteiger partial charge in [0.1, 0.15) is 0 Å². The summed E-state index contributed by atoms with van der Waals surface area (Å²) in [5.74, 6) is 1.90. The summed E-state index contributed by atoms with van der Waals surface area (Å²) in [4.78, 5) is 4.39. The molecular weight excluding hydrogens is 394 g/mol. The van der Waals surface area contributed by atoms with Gasteiger partial charge in [0.2, 0.25) is 17.7 Å². The van der Waals surface area contributed by atoms with Gasteiger partial charge >= 0.3 is 0 Å². The maximum Gasteiger partial charge on any atom is 0.277 e. The highest BCUT2D eigenvalue weighted by Crippen LogP contribution is 2.25. The predicted octanol–water partition coefficient (Wildman–Crippen LogP) is 4.42. The number of aryl methyl sites for hydroxylation is 1. The molecule has 0 spiro atoms. The van der Waals surface area contributed by atoms with Crippen LogP contribution in [-0.4, -0.2) is 25.4 Å². The first-order valence-electron chi connectivity index (χ1n) is 7.60. The molecule has 3 aromatic heterocycles. The lowest BCUT2D eigenvalue weighted by atomic mass is 10.2. The molecule has 0 aliphatic rings. The van der Waals surface area contributed by atoms with Gasteiger partial charge in [-0.05, 0) is 31.2 Å². The van der Waals surface area contributed by atoms with Crippen molar-refractivity contribution in [1.29, 1.82) is 0 Å². The number of benzene rings is 1. The molecule has 0 radical (unpaired) electrons. The van der Waals surface area contributed by atoms with Crippen LogP contribution in [0.15, 0.2) is 43.7 Å². The van der Waals surface area contributed by atoms with Crippen LogP contribution in [0.1, 0.15) is 22.5 Å². The van der Waals surface area contributed by atoms with E-state index in [4.69, 9.17) is 20.4 Å². The van der Waals surface area contributed by atoms with E-state index in [0.717, 1.165) is 16.3 Å². The fourth-order valence-electron chi connectivity index (χ4n) is 2.16. The molecule has 10 heteroatoms. The molecule has 7 nitrogen and oxygen atoms in total. The molecular formula is C16H12ClN5O2S2. The fraction of sp³-hybridized carbons (Fsp3) is 0.188. The number of aromatic nitrogens is 5. The van der Waals surface area contributed by atoms with Crippen molar-refractivity contribution >= 4 is 34.7 Å². The van der Waals surface area contributed by atoms with Gasteiger partial charge in [0.05, 0.1) is 22.9 Å². The van der Waals surface area contributed by atoms with Gasteiger partial charge in [0, 0.05) is 16.0 Å². The van der Waals surface area contributed by atoms with Crippen molar-refractivity contribution in [1.82, 2.24) is 25.4 Å². The molecule has 0 amide bonds. The smallest absolute Gasteiger partial charge is 0.277 e. The third-order valence-corrected chi connectivity index (χ3v) is 5.20. The van der Waals surface area contributed by atoms with Crippen molar-refractivity contribution in [3.63, 3.8) is 0 Å². The second-order valence-corrected chi connectivity index (χ2v) is 7.72. The maximum absolute atomic E-state index is 5.88. The molecule has 4 aromatic rings. The lowest BCUT2D eigenvalue weighted by Gasteiger charge is -1.94. The Labute approximate surface area is 161 Å². The lowest BCUT2D eigenvalue weighted by Crippen LogP contribution is -1.88. The number of hydrogen-bond donors (Lipinski definition) is 0. The molecule has 0 saturated heterocycles. The van der Waals surface area contributed by atoms with Crippen LogP contribution in [0.4, 0.5) is 0 Å². The van der Waals surface area contributed by atoms with Crippen molar-refractivity contribution in [2.75, 3.05) is 0 Å². The highest BCUT2D eigenvalue weighted by Gasteiger charge is 2.13. The quantitative estimate of drug-likeness (QED) is 0.435. The highest BCUT2D eigenvalue weighted by atomic mass is 35.5. The van der Waals surface area contributed by atoms with Crippen LogP contribution >= 0.6 is 34.7 Å². The molecule has 4 rings (SSSR count). The SMILES string of the molecule is Cc1nc(Cc2nnc(SCc3nnc(-c4ccc(Cl)cc4)o3)o2)cs1. The normalized spacial score (nSPS) is 11.2. The summed E-state index contributed by atoms with van der Waals surface area (Å²) in [6.07, 6.45) is 0.527. The second-order valence-electron chi connectivity index (χ2n) is 5.29. The molecule has 0 saturated carbocycles. The zero-order valence-corrected chi connectivity index (χ0v) is 15.9. The summed E-state index contributed by atoms with van der Waals surface area (Å²) in [6, 6.07) is 7.22. The van der Waals surface area contributed by atoms with Crippen LogP contribution in [0, 0.1) is 6.92 Å². The van der Waals surface area contributed by atoms with E-state index >= 15 is 0 Å². The summed E-state index contributed by atoms with van der Waals surface area (Å²) in [7, 11) is 0. The van der Waals surface area contributed by atoms with E-state index in [1.807, 2.05) is 24.4 Å². The van der Waals surface area contributed by atoms with Crippen LogP contribution in [-0.2, 0) is 12.2 Å². The average molecular weight is 406 g/mol. The first kappa shape index (κ1) is 17.2. The van der Waals surface area contributed by atoms with Gasteiger partial charge in [-0.1, -0.05) is 23.4 Å². The van der Waals surface area contributed by atoms with Crippen molar-refractivity contribution in [2.45, 2.75) is 24.3 Å². The predicted molar refractivity (Wildman–Crippen MR) is 98.3 cm³/mol. The summed E-state index contributed by atoms with van der Waals surface area (Å²) < 4.78 is 11.3. The second kappa shape index (κ2) is 7.56. The minimum absolute atomic E-state index is 0.442. The summed E-state index contributed by atoms with van der Waals surface area (Å²) in [6.45, 7) is 1.96. The molecule has 0 unspecified atom stereocenters. The Morgan fingerprint density at radius 2 is 1.85 bits per heavy atom. The third-order valence-electron chi connectivity index (χ3n) is 3.32. The topological polar surface area (TPSA) is 90.7 Å². The van der Waals surface area contributed by atoms with Gasteiger partial charge in [-0.2, -0.15) is 0 Å². The Kier molecular flexibility index (Phi) is 5.00. The molecule has 26 heavy (non-hydrogen) atoms. The van der Waals surface area contributed by atoms with Crippen molar-refractivity contribution < 1.29 is 8.83 Å². The van der Waals surface area contributed by atoms with Crippen LogP contribution in [0.5, 0.6) is 0 Å². The molecule has 0 aliphatic heterocycles. The maximum atomic E-state index is 5.88. The molecule has 0 bridgehead atoms. The van der Waals surface area contributed by atoms with Gasteiger partial charge in [-0.3, -0.25) is 0 Å². The van der Waals surface area contributed by atoms with Crippen molar-refractivity contribution in [2.24, 2.45) is 0 Å². The number of nitrogens with zero attached hydrogens (tertiary/aromatic N) is 5. The van der Waals surface area contributed by atoms with E-state index in [1.54, 1.807) is 23.5 Å². The van der Waals surface area contributed by atoms with E-state index in [0.29, 0.717) is 40.1 Å².